The summed E-state index contributed by atoms with van der Waals surface area (Å²) in [6.45, 7) is -3.04. The maximum Gasteiger partial charge on any atom is 0.418 e. The van der Waals surface area contributed by atoms with Crippen LogP contribution in [0.3, 0.4) is 0 Å². The van der Waals surface area contributed by atoms with Crippen LogP contribution in [0.15, 0.2) is 78.9 Å². The summed E-state index contributed by atoms with van der Waals surface area (Å²) in [5.41, 5.74) is -0.798. The van der Waals surface area contributed by atoms with Gasteiger partial charge in [0, 0.05) is 0 Å². The van der Waals surface area contributed by atoms with E-state index in [2.05, 4.69) is 4.74 Å². The molecule has 2 heterocycles. The standard InChI is InChI=1S/C25H17F5N2O4/c26-24(27)35-16-12-10-14(11-13-16)20-19-21(36-32(20)15-6-2-1-3-7-15)23(34)31(22(19)33)18-9-5-4-8-17(18)25(28,29)30/h1-13,19-21,24H/t19-,20+,21-/m1/s1. The monoisotopic (exact) mass is 504 g/mol. The lowest BCUT2D eigenvalue weighted by Gasteiger charge is -2.29. The highest BCUT2D eigenvalue weighted by Gasteiger charge is 2.61. The van der Waals surface area contributed by atoms with Gasteiger partial charge in [0.1, 0.15) is 11.7 Å². The quantitative estimate of drug-likeness (QED) is 0.346. The number of halogens is 5. The van der Waals surface area contributed by atoms with E-state index in [1.54, 1.807) is 30.3 Å². The van der Waals surface area contributed by atoms with E-state index < -0.39 is 53.9 Å². The minimum absolute atomic E-state index is 0.120. The molecule has 11 heteroatoms. The Kier molecular flexibility index (Phi) is 5.87. The number of benzene rings is 3. The minimum Gasteiger partial charge on any atom is -0.435 e. The maximum atomic E-state index is 13.6. The molecule has 0 unspecified atom stereocenters. The second-order valence-electron chi connectivity index (χ2n) is 8.13. The van der Waals surface area contributed by atoms with Crippen LogP contribution in [0, 0.1) is 5.92 Å². The number of carbonyl (C=O) groups excluding carboxylic acids is 2. The zero-order valence-corrected chi connectivity index (χ0v) is 18.2. The van der Waals surface area contributed by atoms with Gasteiger partial charge in [-0.3, -0.25) is 14.4 Å². The number of alkyl halides is 5. The molecule has 36 heavy (non-hydrogen) atoms. The van der Waals surface area contributed by atoms with Crippen molar-refractivity contribution in [1.82, 2.24) is 0 Å². The summed E-state index contributed by atoms with van der Waals surface area (Å²) < 4.78 is 70.5. The third-order valence-electron chi connectivity index (χ3n) is 6.02. The van der Waals surface area contributed by atoms with Crippen LogP contribution in [0.4, 0.5) is 33.3 Å². The molecule has 0 spiro atoms. The summed E-state index contributed by atoms with van der Waals surface area (Å²) in [4.78, 5) is 33.2. The molecule has 0 radical (unpaired) electrons. The molecule has 2 aliphatic rings. The van der Waals surface area contributed by atoms with Crippen molar-refractivity contribution < 1.29 is 41.1 Å². The van der Waals surface area contributed by atoms with Crippen LogP contribution in [0.25, 0.3) is 0 Å². The van der Waals surface area contributed by atoms with Crippen LogP contribution in [-0.4, -0.2) is 24.5 Å². The molecular weight excluding hydrogens is 487 g/mol. The molecule has 2 amide bonds. The van der Waals surface area contributed by atoms with Crippen molar-refractivity contribution in [2.45, 2.75) is 24.9 Å². The predicted molar refractivity (Wildman–Crippen MR) is 117 cm³/mol. The van der Waals surface area contributed by atoms with Gasteiger partial charge in [0.05, 0.1) is 23.0 Å². The number of ether oxygens (including phenoxy) is 1. The molecule has 2 saturated heterocycles. The van der Waals surface area contributed by atoms with Gasteiger partial charge in [-0.15, -0.1) is 0 Å². The Bertz CT molecular complexity index is 1280. The first-order valence-electron chi connectivity index (χ1n) is 10.8. The Hall–Kier alpha value is -3.99. The van der Waals surface area contributed by atoms with E-state index in [1.807, 2.05) is 0 Å². The predicted octanol–water partition coefficient (Wildman–Crippen LogP) is 5.36. The molecule has 5 rings (SSSR count). The molecule has 186 valence electrons. The summed E-state index contributed by atoms with van der Waals surface area (Å²) in [5.74, 6) is -3.10. The maximum absolute atomic E-state index is 13.6. The lowest BCUT2D eigenvalue weighted by atomic mass is 9.90. The van der Waals surface area contributed by atoms with Crippen LogP contribution in [0.5, 0.6) is 5.75 Å². The lowest BCUT2D eigenvalue weighted by molar-refractivity contribution is -0.137. The third-order valence-corrected chi connectivity index (χ3v) is 6.02. The SMILES string of the molecule is O=C1[C@H]2[C@@H](ON(c3ccccc3)[C@H]2c2ccc(OC(F)F)cc2)C(=O)N1c1ccccc1C(F)(F)F. The first-order chi connectivity index (χ1) is 17.2. The van der Waals surface area contributed by atoms with Crippen molar-refractivity contribution in [2.24, 2.45) is 5.92 Å². The number of imide groups is 1. The number of para-hydroxylation sites is 2. The largest absolute Gasteiger partial charge is 0.435 e. The van der Waals surface area contributed by atoms with Crippen LogP contribution in [0.1, 0.15) is 17.2 Å². The molecule has 3 aromatic rings. The molecule has 0 bridgehead atoms. The summed E-state index contributed by atoms with van der Waals surface area (Å²) >= 11 is 0. The van der Waals surface area contributed by atoms with Gasteiger partial charge in [0.15, 0.2) is 6.10 Å². The van der Waals surface area contributed by atoms with Gasteiger partial charge < -0.3 is 4.74 Å². The van der Waals surface area contributed by atoms with Gasteiger partial charge in [-0.25, -0.2) is 9.96 Å². The molecule has 0 saturated carbocycles. The second kappa shape index (κ2) is 8.90. The number of anilines is 2. The van der Waals surface area contributed by atoms with E-state index in [-0.39, 0.29) is 5.75 Å². The van der Waals surface area contributed by atoms with E-state index in [1.165, 1.54) is 35.4 Å². The first-order valence-corrected chi connectivity index (χ1v) is 10.8. The second-order valence-corrected chi connectivity index (χ2v) is 8.13. The number of fused-ring (bicyclic) bond motifs is 1. The Morgan fingerprint density at radius 1 is 0.833 bits per heavy atom. The highest BCUT2D eigenvalue weighted by molar-refractivity contribution is 6.24. The molecule has 0 N–H and O–H groups in total. The van der Waals surface area contributed by atoms with Crippen LogP contribution in [0.2, 0.25) is 0 Å². The molecule has 2 fully saturated rings. The third kappa shape index (κ3) is 4.05. The number of rotatable bonds is 5. The number of hydrogen-bond donors (Lipinski definition) is 0. The van der Waals surface area contributed by atoms with E-state index >= 15 is 0 Å². The smallest absolute Gasteiger partial charge is 0.418 e. The van der Waals surface area contributed by atoms with Crippen molar-refractivity contribution in [2.75, 3.05) is 9.96 Å². The fraction of sp³-hybridized carbons (Fsp3) is 0.200. The number of carbonyl (C=O) groups is 2. The summed E-state index contributed by atoms with van der Waals surface area (Å²) in [6.07, 6.45) is -6.19. The van der Waals surface area contributed by atoms with Crippen molar-refractivity contribution in [1.29, 1.82) is 0 Å². The summed E-state index contributed by atoms with van der Waals surface area (Å²) in [5, 5.41) is 1.35. The van der Waals surface area contributed by atoms with Gasteiger partial charge in [-0.1, -0.05) is 42.5 Å². The Labute approximate surface area is 201 Å². The van der Waals surface area contributed by atoms with Gasteiger partial charge in [0.2, 0.25) is 5.91 Å². The van der Waals surface area contributed by atoms with Gasteiger partial charge in [-0.05, 0) is 42.0 Å². The number of hydroxylamine groups is 1. The van der Waals surface area contributed by atoms with Crippen molar-refractivity contribution in [3.8, 4) is 5.75 Å². The van der Waals surface area contributed by atoms with Gasteiger partial charge in [0.25, 0.3) is 5.91 Å². The van der Waals surface area contributed by atoms with Gasteiger partial charge >= 0.3 is 12.8 Å². The topological polar surface area (TPSA) is 59.1 Å². The van der Waals surface area contributed by atoms with E-state index in [4.69, 9.17) is 4.84 Å². The van der Waals surface area contributed by atoms with Crippen molar-refractivity contribution >= 4 is 23.2 Å². The summed E-state index contributed by atoms with van der Waals surface area (Å²) in [7, 11) is 0. The number of amides is 2. The fourth-order valence-corrected chi connectivity index (χ4v) is 4.54. The molecule has 2 aliphatic heterocycles. The minimum atomic E-state index is -4.80. The van der Waals surface area contributed by atoms with Crippen molar-refractivity contribution in [3.63, 3.8) is 0 Å². The average molecular weight is 504 g/mol. The van der Waals surface area contributed by atoms with E-state index in [0.717, 1.165) is 18.2 Å². The highest BCUT2D eigenvalue weighted by Crippen LogP contribution is 2.49. The zero-order valence-electron chi connectivity index (χ0n) is 18.2. The highest BCUT2D eigenvalue weighted by atomic mass is 19.4. The normalized spacial score (nSPS) is 21.9. The molecule has 0 aliphatic carbocycles. The molecule has 0 aromatic heterocycles. The average Bonchev–Trinajstić information content (AvgIpc) is 3.35. The van der Waals surface area contributed by atoms with Crippen LogP contribution in [-0.2, 0) is 20.6 Å². The Morgan fingerprint density at radius 2 is 1.47 bits per heavy atom. The number of nitrogens with zero attached hydrogens (tertiary/aromatic N) is 2. The molecule has 3 atom stereocenters. The van der Waals surface area contributed by atoms with Gasteiger partial charge in [-0.2, -0.15) is 22.0 Å². The molecular formula is C25H17F5N2O4. The summed E-state index contributed by atoms with van der Waals surface area (Å²) in [6, 6.07) is 17.3. The van der Waals surface area contributed by atoms with Crippen LogP contribution < -0.4 is 14.7 Å². The Morgan fingerprint density at radius 3 is 2.11 bits per heavy atom. The first kappa shape index (κ1) is 23.7. The van der Waals surface area contributed by atoms with E-state index in [0.29, 0.717) is 16.2 Å². The fourth-order valence-electron chi connectivity index (χ4n) is 4.54. The Balaban J connectivity index is 1.57. The zero-order chi connectivity index (χ0) is 25.6. The molecule has 3 aromatic carbocycles. The lowest BCUT2D eigenvalue weighted by Crippen LogP contribution is -2.38. The van der Waals surface area contributed by atoms with Crippen molar-refractivity contribution in [3.05, 3.63) is 90.0 Å². The van der Waals surface area contributed by atoms with E-state index in [9.17, 15) is 31.5 Å². The molecule has 6 nitrogen and oxygen atoms in total. The number of hydrogen-bond acceptors (Lipinski definition) is 5. The van der Waals surface area contributed by atoms with Crippen LogP contribution >= 0.6 is 0 Å².